The average molecular weight is 323 g/mol. The molecule has 3 N–H and O–H groups in total. The first-order valence-corrected chi connectivity index (χ1v) is 7.09. The summed E-state index contributed by atoms with van der Waals surface area (Å²) in [5.41, 5.74) is 6.49. The largest absolute Gasteiger partial charge is 0.466 e. The van der Waals surface area contributed by atoms with Crippen molar-refractivity contribution in [3.8, 4) is 0 Å². The second kappa shape index (κ2) is 5.90. The highest BCUT2D eigenvalue weighted by Crippen LogP contribution is 2.29. The van der Waals surface area contributed by atoms with Crippen LogP contribution in [0.25, 0.3) is 0 Å². The second-order valence-electron chi connectivity index (χ2n) is 4.80. The molecule has 1 aromatic heterocycles. The first-order valence-electron chi connectivity index (χ1n) is 6.30. The van der Waals surface area contributed by atoms with E-state index >= 15 is 0 Å². The number of hydrogen-bond acceptors (Lipinski definition) is 3. The summed E-state index contributed by atoms with van der Waals surface area (Å²) < 4.78 is 6.77. The molecule has 0 amide bonds. The fourth-order valence-corrected chi connectivity index (χ4v) is 2.69. The molecule has 0 saturated heterocycles. The molecule has 0 spiro atoms. The summed E-state index contributed by atoms with van der Waals surface area (Å²) in [4.78, 5) is 0. The molecule has 1 atom stereocenters. The van der Waals surface area contributed by atoms with Crippen molar-refractivity contribution in [2.24, 2.45) is 5.84 Å². The fraction of sp³-hybridized carbons (Fsp3) is 0.333. The summed E-state index contributed by atoms with van der Waals surface area (Å²) >= 11 is 3.44. The molecule has 0 aliphatic rings. The highest BCUT2D eigenvalue weighted by molar-refractivity contribution is 9.10. The molecule has 0 saturated carbocycles. The first kappa shape index (κ1) is 14.3. The Kier molecular flexibility index (Phi) is 4.45. The normalized spacial score (nSPS) is 12.7. The molecule has 2 rings (SSSR count). The number of furan rings is 1. The lowest BCUT2D eigenvalue weighted by molar-refractivity contribution is 0.484. The molecule has 3 nitrogen and oxygen atoms in total. The summed E-state index contributed by atoms with van der Waals surface area (Å²) in [5, 5.41) is 0. The van der Waals surface area contributed by atoms with Gasteiger partial charge in [-0.2, -0.15) is 0 Å². The lowest BCUT2D eigenvalue weighted by Crippen LogP contribution is -2.30. The Labute approximate surface area is 122 Å². The third kappa shape index (κ3) is 3.08. The first-order chi connectivity index (χ1) is 9.02. The van der Waals surface area contributed by atoms with Crippen molar-refractivity contribution in [2.75, 3.05) is 0 Å². The van der Waals surface area contributed by atoms with Gasteiger partial charge in [-0.1, -0.05) is 28.1 Å². The zero-order valence-electron chi connectivity index (χ0n) is 11.5. The predicted octanol–water partition coefficient (Wildman–Crippen LogP) is 3.71. The van der Waals surface area contributed by atoms with Gasteiger partial charge in [-0.25, -0.2) is 0 Å². The van der Waals surface area contributed by atoms with Crippen LogP contribution in [0.3, 0.4) is 0 Å². The van der Waals surface area contributed by atoms with E-state index in [-0.39, 0.29) is 6.04 Å². The van der Waals surface area contributed by atoms with E-state index in [1.54, 1.807) is 0 Å². The van der Waals surface area contributed by atoms with Gasteiger partial charge in [-0.15, -0.1) is 0 Å². The Bertz CT molecular complexity index is 560. The maximum atomic E-state index is 5.73. The molecule has 2 aromatic rings. The SMILES string of the molecule is Cc1oc(C)c(C(Cc2ccc(Br)cc2)NN)c1C. The maximum absolute atomic E-state index is 5.73. The van der Waals surface area contributed by atoms with Crippen LogP contribution in [0.5, 0.6) is 0 Å². The number of benzene rings is 1. The summed E-state index contributed by atoms with van der Waals surface area (Å²) in [7, 11) is 0. The molecule has 4 heteroatoms. The van der Waals surface area contributed by atoms with Crippen LogP contribution in [0, 0.1) is 20.8 Å². The van der Waals surface area contributed by atoms with E-state index in [1.807, 2.05) is 26.0 Å². The van der Waals surface area contributed by atoms with Crippen molar-refractivity contribution in [3.63, 3.8) is 0 Å². The van der Waals surface area contributed by atoms with Crippen molar-refractivity contribution in [3.05, 3.63) is 56.9 Å². The lowest BCUT2D eigenvalue weighted by atomic mass is 9.96. The van der Waals surface area contributed by atoms with Gasteiger partial charge in [0, 0.05) is 10.0 Å². The van der Waals surface area contributed by atoms with E-state index in [4.69, 9.17) is 10.3 Å². The summed E-state index contributed by atoms with van der Waals surface area (Å²) in [6, 6.07) is 8.36. The maximum Gasteiger partial charge on any atom is 0.106 e. The van der Waals surface area contributed by atoms with Gasteiger partial charge in [0.15, 0.2) is 0 Å². The molecule has 0 aliphatic carbocycles. The molecule has 1 heterocycles. The number of nitrogens with two attached hydrogens (primary N) is 1. The molecular formula is C15H19BrN2O. The number of nitrogens with one attached hydrogen (secondary N) is 1. The monoisotopic (exact) mass is 322 g/mol. The van der Waals surface area contributed by atoms with E-state index in [1.165, 1.54) is 16.7 Å². The van der Waals surface area contributed by atoms with Gasteiger partial charge < -0.3 is 4.42 Å². The number of rotatable bonds is 4. The van der Waals surface area contributed by atoms with Crippen LogP contribution in [0.4, 0.5) is 0 Å². The van der Waals surface area contributed by atoms with Crippen molar-refractivity contribution in [2.45, 2.75) is 33.2 Å². The quantitative estimate of drug-likeness (QED) is 0.666. The van der Waals surface area contributed by atoms with Crippen LogP contribution in [-0.2, 0) is 6.42 Å². The van der Waals surface area contributed by atoms with Crippen LogP contribution in [0.1, 0.15) is 34.3 Å². The number of halogens is 1. The molecule has 1 aromatic carbocycles. The highest BCUT2D eigenvalue weighted by Gasteiger charge is 2.20. The molecule has 0 aliphatic heterocycles. The van der Waals surface area contributed by atoms with Crippen molar-refractivity contribution in [1.82, 2.24) is 5.43 Å². The molecule has 1 unspecified atom stereocenters. The minimum atomic E-state index is 0.0682. The summed E-state index contributed by atoms with van der Waals surface area (Å²) in [5.74, 6) is 7.63. The van der Waals surface area contributed by atoms with Crippen LogP contribution < -0.4 is 11.3 Å². The smallest absolute Gasteiger partial charge is 0.106 e. The average Bonchev–Trinajstić information content (AvgIpc) is 2.63. The Balaban J connectivity index is 2.27. The van der Waals surface area contributed by atoms with Crippen LogP contribution in [0.15, 0.2) is 33.2 Å². The lowest BCUT2D eigenvalue weighted by Gasteiger charge is -2.17. The topological polar surface area (TPSA) is 51.2 Å². The van der Waals surface area contributed by atoms with Gasteiger partial charge in [0.05, 0.1) is 6.04 Å². The zero-order valence-corrected chi connectivity index (χ0v) is 13.0. The Morgan fingerprint density at radius 3 is 2.26 bits per heavy atom. The molecular weight excluding hydrogens is 304 g/mol. The summed E-state index contributed by atoms with van der Waals surface area (Å²) in [6.45, 7) is 6.05. The van der Waals surface area contributed by atoms with Crippen LogP contribution in [-0.4, -0.2) is 0 Å². The van der Waals surface area contributed by atoms with Crippen molar-refractivity contribution >= 4 is 15.9 Å². The van der Waals surface area contributed by atoms with Crippen LogP contribution >= 0.6 is 15.9 Å². The Hall–Kier alpha value is -1.10. The Morgan fingerprint density at radius 1 is 1.16 bits per heavy atom. The van der Waals surface area contributed by atoms with Gasteiger partial charge in [-0.3, -0.25) is 11.3 Å². The molecule has 0 fully saturated rings. The third-order valence-electron chi connectivity index (χ3n) is 3.52. The Morgan fingerprint density at radius 2 is 1.79 bits per heavy atom. The van der Waals surface area contributed by atoms with E-state index < -0.39 is 0 Å². The fourth-order valence-electron chi connectivity index (χ4n) is 2.42. The molecule has 0 bridgehead atoms. The minimum absolute atomic E-state index is 0.0682. The summed E-state index contributed by atoms with van der Waals surface area (Å²) in [6.07, 6.45) is 0.838. The van der Waals surface area contributed by atoms with E-state index in [9.17, 15) is 0 Å². The second-order valence-corrected chi connectivity index (χ2v) is 5.72. The number of aryl methyl sites for hydroxylation is 2. The molecule has 19 heavy (non-hydrogen) atoms. The molecule has 102 valence electrons. The zero-order chi connectivity index (χ0) is 14.0. The van der Waals surface area contributed by atoms with Crippen LogP contribution in [0.2, 0.25) is 0 Å². The highest BCUT2D eigenvalue weighted by atomic mass is 79.9. The third-order valence-corrected chi connectivity index (χ3v) is 4.05. The molecule has 0 radical (unpaired) electrons. The van der Waals surface area contributed by atoms with Gasteiger partial charge in [0.25, 0.3) is 0 Å². The van der Waals surface area contributed by atoms with Crippen molar-refractivity contribution in [1.29, 1.82) is 0 Å². The standard InChI is InChI=1S/C15H19BrN2O/c1-9-10(2)19-11(3)15(9)14(18-17)8-12-4-6-13(16)7-5-12/h4-7,14,18H,8,17H2,1-3H3. The number of hydrogen-bond donors (Lipinski definition) is 2. The van der Waals surface area contributed by atoms with E-state index in [0.29, 0.717) is 0 Å². The predicted molar refractivity (Wildman–Crippen MR) is 80.8 cm³/mol. The van der Waals surface area contributed by atoms with Gasteiger partial charge >= 0.3 is 0 Å². The minimum Gasteiger partial charge on any atom is -0.466 e. The van der Waals surface area contributed by atoms with E-state index in [0.717, 1.165) is 22.4 Å². The van der Waals surface area contributed by atoms with Gasteiger partial charge in [0.2, 0.25) is 0 Å². The van der Waals surface area contributed by atoms with Gasteiger partial charge in [0.1, 0.15) is 11.5 Å². The van der Waals surface area contributed by atoms with E-state index in [2.05, 4.69) is 40.4 Å². The van der Waals surface area contributed by atoms with Gasteiger partial charge in [-0.05, 0) is 50.5 Å². The number of hydrazine groups is 1. The van der Waals surface area contributed by atoms with Crippen molar-refractivity contribution < 1.29 is 4.42 Å².